The zero-order valence-corrected chi connectivity index (χ0v) is 19.2. The molecule has 6 nitrogen and oxygen atoms in total. The molecule has 1 aromatic heterocycles. The van der Waals surface area contributed by atoms with Crippen molar-refractivity contribution in [1.82, 2.24) is 9.88 Å². The van der Waals surface area contributed by atoms with Crippen LogP contribution in [-0.2, 0) is 4.79 Å². The summed E-state index contributed by atoms with van der Waals surface area (Å²) in [6.07, 6.45) is 8.81. The fraction of sp³-hybridized carbons (Fsp3) is 0.280. The Morgan fingerprint density at radius 1 is 1.18 bits per heavy atom. The Balaban J connectivity index is 1.55. The van der Waals surface area contributed by atoms with Gasteiger partial charge in [0.2, 0.25) is 5.91 Å². The van der Waals surface area contributed by atoms with Gasteiger partial charge in [-0.15, -0.1) is 0 Å². The molecule has 2 N–H and O–H groups in total. The molecule has 172 valence electrons. The van der Waals surface area contributed by atoms with E-state index in [1.54, 1.807) is 37.6 Å². The van der Waals surface area contributed by atoms with Gasteiger partial charge in [-0.25, -0.2) is 4.39 Å². The van der Waals surface area contributed by atoms with Crippen molar-refractivity contribution in [1.29, 1.82) is 0 Å². The van der Waals surface area contributed by atoms with Gasteiger partial charge < -0.3 is 15.4 Å². The largest absolute Gasteiger partial charge is 0.494 e. The molecule has 0 bridgehead atoms. The van der Waals surface area contributed by atoms with Gasteiger partial charge in [0.15, 0.2) is 0 Å². The summed E-state index contributed by atoms with van der Waals surface area (Å²) in [4.78, 5) is 19.3. The maximum atomic E-state index is 13.5. The average molecular weight is 469 g/mol. The standard InChI is InChI=1S/C25H26ClFN4O2/c1-33-24-16-22-18(21(9-10-28-22)29-17-7-8-20(27)19(26)14-17)15-23(24)30-25(32)6-5-13-31-11-3-2-4-12-31/h5-10,14-16H,2-4,11-13H2,1H3,(H,28,29)(H,30,32)/b6-5+. The SMILES string of the molecule is COc1cc2nccc(Nc3ccc(F)c(Cl)c3)c2cc1NC(=O)/C=C/CN1CCCCC1. The minimum Gasteiger partial charge on any atom is -0.494 e. The summed E-state index contributed by atoms with van der Waals surface area (Å²) < 4.78 is 19.0. The molecule has 0 atom stereocenters. The average Bonchev–Trinajstić information content (AvgIpc) is 2.82. The first-order valence-electron chi connectivity index (χ1n) is 10.9. The number of nitrogens with zero attached hydrogens (tertiary/aromatic N) is 2. The van der Waals surface area contributed by atoms with E-state index >= 15 is 0 Å². The Morgan fingerprint density at radius 2 is 2.00 bits per heavy atom. The fourth-order valence-electron chi connectivity index (χ4n) is 3.90. The third-order valence-corrected chi connectivity index (χ3v) is 5.89. The second-order valence-corrected chi connectivity index (χ2v) is 8.34. The molecule has 0 aliphatic carbocycles. The molecule has 0 spiro atoms. The Labute approximate surface area is 197 Å². The van der Waals surface area contributed by atoms with E-state index in [-0.39, 0.29) is 10.9 Å². The molecule has 1 aliphatic rings. The lowest BCUT2D eigenvalue weighted by Gasteiger charge is -2.24. The van der Waals surface area contributed by atoms with Crippen molar-refractivity contribution in [3.05, 3.63) is 65.6 Å². The monoisotopic (exact) mass is 468 g/mol. The molecule has 0 unspecified atom stereocenters. The minimum atomic E-state index is -0.482. The minimum absolute atomic E-state index is 0.0318. The summed E-state index contributed by atoms with van der Waals surface area (Å²) in [6, 6.07) is 9.81. The first kappa shape index (κ1) is 23.0. The lowest BCUT2D eigenvalue weighted by atomic mass is 10.1. The number of anilines is 3. The number of carbonyl (C=O) groups excluding carboxylic acids is 1. The normalized spacial score (nSPS) is 14.5. The molecule has 1 aliphatic heterocycles. The molecule has 1 fully saturated rings. The molecular formula is C25H26ClFN4O2. The van der Waals surface area contributed by atoms with Gasteiger partial charge >= 0.3 is 0 Å². The van der Waals surface area contributed by atoms with Crippen LogP contribution in [0.15, 0.2) is 54.7 Å². The second kappa shape index (κ2) is 10.6. The Hall–Kier alpha value is -3.16. The lowest BCUT2D eigenvalue weighted by molar-refractivity contribution is -0.111. The smallest absolute Gasteiger partial charge is 0.248 e. The van der Waals surface area contributed by atoms with Crippen LogP contribution in [0.3, 0.4) is 0 Å². The summed E-state index contributed by atoms with van der Waals surface area (Å²) in [5.74, 6) is -0.201. The van der Waals surface area contributed by atoms with Crippen LogP contribution >= 0.6 is 11.6 Å². The summed E-state index contributed by atoms with van der Waals surface area (Å²) in [5.41, 5.74) is 2.59. The number of likely N-dealkylation sites (tertiary alicyclic amines) is 1. The number of carbonyl (C=O) groups is 1. The Kier molecular flexibility index (Phi) is 7.42. The quantitative estimate of drug-likeness (QED) is 0.431. The van der Waals surface area contributed by atoms with Gasteiger partial charge in [-0.05, 0) is 56.3 Å². The van der Waals surface area contributed by atoms with E-state index < -0.39 is 5.82 Å². The predicted octanol–water partition coefficient (Wildman–Crippen LogP) is 5.76. The molecule has 33 heavy (non-hydrogen) atoms. The molecule has 8 heteroatoms. The molecule has 1 saturated heterocycles. The van der Waals surface area contributed by atoms with Crippen LogP contribution in [0, 0.1) is 5.82 Å². The molecule has 0 radical (unpaired) electrons. The number of hydrogen-bond acceptors (Lipinski definition) is 5. The highest BCUT2D eigenvalue weighted by Crippen LogP contribution is 2.34. The van der Waals surface area contributed by atoms with Crippen molar-refractivity contribution in [2.45, 2.75) is 19.3 Å². The molecule has 4 rings (SSSR count). The zero-order chi connectivity index (χ0) is 23.2. The van der Waals surface area contributed by atoms with Gasteiger partial charge in [-0.2, -0.15) is 0 Å². The number of aromatic nitrogens is 1. The van der Waals surface area contributed by atoms with Crippen LogP contribution in [-0.4, -0.2) is 42.5 Å². The Morgan fingerprint density at radius 3 is 2.76 bits per heavy atom. The van der Waals surface area contributed by atoms with Crippen molar-refractivity contribution in [2.24, 2.45) is 0 Å². The number of benzene rings is 2. The predicted molar refractivity (Wildman–Crippen MR) is 131 cm³/mol. The first-order chi connectivity index (χ1) is 16.0. The van der Waals surface area contributed by atoms with Crippen molar-refractivity contribution in [2.75, 3.05) is 37.4 Å². The highest BCUT2D eigenvalue weighted by atomic mass is 35.5. The third-order valence-electron chi connectivity index (χ3n) is 5.60. The van der Waals surface area contributed by atoms with Crippen LogP contribution in [0.1, 0.15) is 19.3 Å². The summed E-state index contributed by atoms with van der Waals surface area (Å²) >= 11 is 5.91. The van der Waals surface area contributed by atoms with E-state index in [9.17, 15) is 9.18 Å². The molecule has 2 aromatic carbocycles. The number of pyridine rings is 1. The zero-order valence-electron chi connectivity index (χ0n) is 18.4. The number of amides is 1. The number of hydrogen-bond donors (Lipinski definition) is 2. The van der Waals surface area contributed by atoms with E-state index in [1.165, 1.54) is 31.4 Å². The van der Waals surface area contributed by atoms with E-state index in [1.807, 2.05) is 12.1 Å². The maximum Gasteiger partial charge on any atom is 0.248 e. The number of rotatable bonds is 7. The molecule has 1 amide bonds. The van der Waals surface area contributed by atoms with Crippen molar-refractivity contribution in [3.63, 3.8) is 0 Å². The van der Waals surface area contributed by atoms with Crippen molar-refractivity contribution < 1.29 is 13.9 Å². The van der Waals surface area contributed by atoms with Gasteiger partial charge in [0.05, 0.1) is 23.3 Å². The summed E-state index contributed by atoms with van der Waals surface area (Å²) in [5, 5.41) is 6.94. The molecular weight excluding hydrogens is 443 g/mol. The third kappa shape index (κ3) is 5.80. The van der Waals surface area contributed by atoms with Crippen LogP contribution in [0.25, 0.3) is 10.9 Å². The van der Waals surface area contributed by atoms with Gasteiger partial charge in [-0.1, -0.05) is 24.1 Å². The van der Waals surface area contributed by atoms with E-state index in [0.717, 1.165) is 30.7 Å². The van der Waals surface area contributed by atoms with Crippen LogP contribution in [0.5, 0.6) is 5.75 Å². The van der Waals surface area contributed by atoms with Gasteiger partial charge in [0, 0.05) is 41.6 Å². The maximum absolute atomic E-state index is 13.5. The van der Waals surface area contributed by atoms with E-state index in [0.29, 0.717) is 22.6 Å². The van der Waals surface area contributed by atoms with Crippen LogP contribution in [0.4, 0.5) is 21.5 Å². The lowest BCUT2D eigenvalue weighted by Crippen LogP contribution is -2.29. The second-order valence-electron chi connectivity index (χ2n) is 7.93. The molecule has 0 saturated carbocycles. The molecule has 2 heterocycles. The highest BCUT2D eigenvalue weighted by molar-refractivity contribution is 6.31. The van der Waals surface area contributed by atoms with Crippen molar-refractivity contribution >= 4 is 45.5 Å². The van der Waals surface area contributed by atoms with Crippen LogP contribution < -0.4 is 15.4 Å². The fourth-order valence-corrected chi connectivity index (χ4v) is 4.08. The number of fused-ring (bicyclic) bond motifs is 1. The number of nitrogens with one attached hydrogen (secondary N) is 2. The highest BCUT2D eigenvalue weighted by Gasteiger charge is 2.13. The number of piperidine rings is 1. The summed E-state index contributed by atoms with van der Waals surface area (Å²) in [6.45, 7) is 2.92. The number of halogens is 2. The van der Waals surface area contributed by atoms with E-state index in [2.05, 4.69) is 20.5 Å². The topological polar surface area (TPSA) is 66.5 Å². The van der Waals surface area contributed by atoms with E-state index in [4.69, 9.17) is 16.3 Å². The number of methoxy groups -OCH3 is 1. The Bertz CT molecular complexity index is 1180. The first-order valence-corrected chi connectivity index (χ1v) is 11.3. The van der Waals surface area contributed by atoms with Crippen molar-refractivity contribution in [3.8, 4) is 5.75 Å². The van der Waals surface area contributed by atoms with Crippen LogP contribution in [0.2, 0.25) is 5.02 Å². The molecule has 3 aromatic rings. The van der Waals surface area contributed by atoms with Gasteiger partial charge in [-0.3, -0.25) is 14.7 Å². The van der Waals surface area contributed by atoms with Gasteiger partial charge in [0.25, 0.3) is 0 Å². The summed E-state index contributed by atoms with van der Waals surface area (Å²) in [7, 11) is 1.55. The van der Waals surface area contributed by atoms with Gasteiger partial charge in [0.1, 0.15) is 11.6 Å². The number of ether oxygens (including phenoxy) is 1.